The Kier molecular flexibility index (Phi) is 4.52. The van der Waals surface area contributed by atoms with E-state index in [4.69, 9.17) is 5.73 Å². The van der Waals surface area contributed by atoms with Gasteiger partial charge in [-0.15, -0.1) is 0 Å². The van der Waals surface area contributed by atoms with Gasteiger partial charge in [0.05, 0.1) is 11.4 Å². The molecule has 7 heteroatoms. The highest BCUT2D eigenvalue weighted by atomic mass is 19.3. The largest absolute Gasteiger partial charge is 0.432 e. The monoisotopic (exact) mass is 297 g/mol. The van der Waals surface area contributed by atoms with Crippen LogP contribution in [-0.2, 0) is 6.54 Å². The summed E-state index contributed by atoms with van der Waals surface area (Å²) in [7, 11) is 0. The van der Waals surface area contributed by atoms with Crippen LogP contribution in [0.5, 0.6) is 5.75 Å². The number of anilines is 2. The first kappa shape index (κ1) is 15.0. The quantitative estimate of drug-likeness (QED) is 0.831. The molecule has 0 saturated heterocycles. The summed E-state index contributed by atoms with van der Waals surface area (Å²) in [6, 6.07) is 3.88. The van der Waals surface area contributed by atoms with Gasteiger partial charge in [0.2, 0.25) is 0 Å². The third-order valence-electron chi connectivity index (χ3n) is 2.93. The number of nitrogens with zero attached hydrogens (tertiary/aromatic N) is 1. The fraction of sp³-hybridized carbons (Fsp3) is 0.214. The zero-order valence-electron chi connectivity index (χ0n) is 11.2. The summed E-state index contributed by atoms with van der Waals surface area (Å²) in [5.41, 5.74) is 8.03. The Balaban J connectivity index is 2.18. The molecule has 0 radical (unpaired) electrons. The molecular weight excluding hydrogens is 283 g/mol. The van der Waals surface area contributed by atoms with Gasteiger partial charge in [-0.05, 0) is 24.1 Å². The van der Waals surface area contributed by atoms with E-state index in [1.54, 1.807) is 12.4 Å². The van der Waals surface area contributed by atoms with Gasteiger partial charge in [-0.2, -0.15) is 8.78 Å². The number of hydrogen-bond acceptors (Lipinski definition) is 4. The molecule has 2 rings (SSSR count). The number of aromatic nitrogens is 1. The van der Waals surface area contributed by atoms with E-state index in [9.17, 15) is 13.2 Å². The van der Waals surface area contributed by atoms with E-state index in [0.29, 0.717) is 12.2 Å². The summed E-state index contributed by atoms with van der Waals surface area (Å²) in [4.78, 5) is 3.97. The minimum atomic E-state index is -3.10. The number of benzene rings is 1. The van der Waals surface area contributed by atoms with Crippen LogP contribution in [0, 0.1) is 12.7 Å². The molecule has 0 amide bonds. The van der Waals surface area contributed by atoms with Crippen LogP contribution in [0.25, 0.3) is 0 Å². The smallest absolute Gasteiger partial charge is 0.387 e. The zero-order chi connectivity index (χ0) is 15.4. The first-order chi connectivity index (χ1) is 9.97. The van der Waals surface area contributed by atoms with E-state index in [0.717, 1.165) is 23.3 Å². The average molecular weight is 297 g/mol. The number of nitrogens with one attached hydrogen (secondary N) is 1. The lowest BCUT2D eigenvalue weighted by Gasteiger charge is -2.13. The van der Waals surface area contributed by atoms with Crippen molar-refractivity contribution in [1.82, 2.24) is 4.98 Å². The predicted octanol–water partition coefficient (Wildman–Crippen LogP) is 3.32. The lowest BCUT2D eigenvalue weighted by molar-refractivity contribution is -0.0521. The van der Waals surface area contributed by atoms with Gasteiger partial charge in [0.1, 0.15) is 0 Å². The van der Waals surface area contributed by atoms with Gasteiger partial charge >= 0.3 is 6.61 Å². The van der Waals surface area contributed by atoms with Crippen LogP contribution in [-0.4, -0.2) is 11.6 Å². The van der Waals surface area contributed by atoms with Gasteiger partial charge in [0.15, 0.2) is 11.6 Å². The first-order valence-electron chi connectivity index (χ1n) is 6.14. The normalized spacial score (nSPS) is 10.7. The highest BCUT2D eigenvalue weighted by molar-refractivity contribution is 5.68. The van der Waals surface area contributed by atoms with Crippen LogP contribution in [0.1, 0.15) is 11.1 Å². The molecule has 0 bridgehead atoms. The summed E-state index contributed by atoms with van der Waals surface area (Å²) in [5.74, 6) is -1.48. The highest BCUT2D eigenvalue weighted by Crippen LogP contribution is 2.29. The fourth-order valence-corrected chi connectivity index (χ4v) is 1.80. The summed E-state index contributed by atoms with van der Waals surface area (Å²) < 4.78 is 41.9. The summed E-state index contributed by atoms with van der Waals surface area (Å²) in [5, 5.41) is 2.97. The number of halogens is 3. The lowest BCUT2D eigenvalue weighted by atomic mass is 10.1. The van der Waals surface area contributed by atoms with Crippen molar-refractivity contribution < 1.29 is 17.9 Å². The standard InChI is InChI=1S/C14H14F3N3O/c1-8-6-19-3-2-9(8)7-20-12-5-13(21-14(16)17)10(15)4-11(12)18/h2-6,14,20H,7,18H2,1H3. The molecule has 2 aromatic rings. The zero-order valence-corrected chi connectivity index (χ0v) is 11.2. The summed E-state index contributed by atoms with van der Waals surface area (Å²) in [6.45, 7) is -0.805. The van der Waals surface area contributed by atoms with Crippen LogP contribution in [0.15, 0.2) is 30.6 Å². The van der Waals surface area contributed by atoms with Crippen LogP contribution in [0.4, 0.5) is 24.5 Å². The molecule has 3 N–H and O–H groups in total. The summed E-state index contributed by atoms with van der Waals surface area (Å²) >= 11 is 0. The van der Waals surface area contributed by atoms with Crippen LogP contribution in [0.2, 0.25) is 0 Å². The van der Waals surface area contributed by atoms with E-state index in [2.05, 4.69) is 15.0 Å². The number of nitrogen functional groups attached to an aromatic ring is 1. The van der Waals surface area contributed by atoms with E-state index in [-0.39, 0.29) is 5.69 Å². The molecule has 0 fully saturated rings. The lowest BCUT2D eigenvalue weighted by Crippen LogP contribution is -2.08. The Morgan fingerprint density at radius 1 is 1.38 bits per heavy atom. The SMILES string of the molecule is Cc1cnccc1CNc1cc(OC(F)F)c(F)cc1N. The Morgan fingerprint density at radius 2 is 2.14 bits per heavy atom. The number of aryl methyl sites for hydroxylation is 1. The molecule has 0 atom stereocenters. The number of pyridine rings is 1. The van der Waals surface area contributed by atoms with E-state index in [1.807, 2.05) is 13.0 Å². The Hall–Kier alpha value is -2.44. The van der Waals surface area contributed by atoms with Crippen LogP contribution in [0.3, 0.4) is 0 Å². The van der Waals surface area contributed by atoms with Gasteiger partial charge in [-0.1, -0.05) is 0 Å². The second kappa shape index (κ2) is 6.34. The maximum atomic E-state index is 13.4. The van der Waals surface area contributed by atoms with Gasteiger partial charge in [0.25, 0.3) is 0 Å². The maximum Gasteiger partial charge on any atom is 0.387 e. The van der Waals surface area contributed by atoms with Crippen molar-refractivity contribution in [2.75, 3.05) is 11.1 Å². The molecule has 0 aliphatic heterocycles. The summed E-state index contributed by atoms with van der Waals surface area (Å²) in [6.07, 6.45) is 3.35. The predicted molar refractivity (Wildman–Crippen MR) is 73.7 cm³/mol. The van der Waals surface area contributed by atoms with E-state index in [1.165, 1.54) is 0 Å². The Bertz CT molecular complexity index is 635. The van der Waals surface area contributed by atoms with Gasteiger partial charge in [-0.3, -0.25) is 4.98 Å². The van der Waals surface area contributed by atoms with Crippen molar-refractivity contribution >= 4 is 11.4 Å². The highest BCUT2D eigenvalue weighted by Gasteiger charge is 2.13. The van der Waals surface area contributed by atoms with Crippen molar-refractivity contribution in [1.29, 1.82) is 0 Å². The number of hydrogen-bond donors (Lipinski definition) is 2. The first-order valence-corrected chi connectivity index (χ1v) is 6.14. The molecule has 4 nitrogen and oxygen atoms in total. The van der Waals surface area contributed by atoms with E-state index < -0.39 is 18.2 Å². The Morgan fingerprint density at radius 3 is 2.81 bits per heavy atom. The molecule has 0 saturated carbocycles. The van der Waals surface area contributed by atoms with Crippen molar-refractivity contribution in [3.8, 4) is 5.75 Å². The molecular formula is C14H14F3N3O. The van der Waals surface area contributed by atoms with Crippen molar-refractivity contribution in [2.45, 2.75) is 20.1 Å². The second-order valence-corrected chi connectivity index (χ2v) is 4.40. The maximum absolute atomic E-state index is 13.4. The topological polar surface area (TPSA) is 60.2 Å². The number of ether oxygens (including phenoxy) is 1. The van der Waals surface area contributed by atoms with Crippen molar-refractivity contribution in [3.05, 3.63) is 47.5 Å². The minimum absolute atomic E-state index is 0.112. The van der Waals surface area contributed by atoms with E-state index >= 15 is 0 Å². The minimum Gasteiger partial charge on any atom is -0.432 e. The van der Waals surface area contributed by atoms with Crippen LogP contribution >= 0.6 is 0 Å². The average Bonchev–Trinajstić information content (AvgIpc) is 2.41. The molecule has 1 heterocycles. The molecule has 0 unspecified atom stereocenters. The third-order valence-corrected chi connectivity index (χ3v) is 2.93. The van der Waals surface area contributed by atoms with Gasteiger partial charge in [-0.25, -0.2) is 4.39 Å². The molecule has 112 valence electrons. The number of rotatable bonds is 5. The molecule has 0 aliphatic carbocycles. The molecule has 0 spiro atoms. The number of alkyl halides is 2. The van der Waals surface area contributed by atoms with Crippen molar-refractivity contribution in [3.63, 3.8) is 0 Å². The molecule has 1 aromatic carbocycles. The Labute approximate surface area is 119 Å². The third kappa shape index (κ3) is 3.77. The van der Waals surface area contributed by atoms with Gasteiger partial charge < -0.3 is 15.8 Å². The molecule has 0 aliphatic rings. The second-order valence-electron chi connectivity index (χ2n) is 4.40. The van der Waals surface area contributed by atoms with Crippen molar-refractivity contribution in [2.24, 2.45) is 0 Å². The molecule has 1 aromatic heterocycles. The number of nitrogens with two attached hydrogens (primary N) is 1. The van der Waals surface area contributed by atoms with Crippen LogP contribution < -0.4 is 15.8 Å². The van der Waals surface area contributed by atoms with Gasteiger partial charge in [0, 0.05) is 31.1 Å². The molecule has 21 heavy (non-hydrogen) atoms. The fourth-order valence-electron chi connectivity index (χ4n) is 1.80.